The average Bonchev–Trinajstić information content (AvgIpc) is 3.97. The maximum Gasteiger partial charge on any atom is 0.0465 e. The smallest absolute Gasteiger partial charge is 0.0465 e. The second-order valence-corrected chi connectivity index (χ2v) is 19.4. The average molecular weight is 855 g/mol. The van der Waals surface area contributed by atoms with Crippen molar-refractivity contribution in [2.24, 2.45) is 0 Å². The molecule has 2 aliphatic rings. The van der Waals surface area contributed by atoms with Crippen molar-refractivity contribution in [1.82, 2.24) is 0 Å². The number of hydrogen-bond donors (Lipinski definition) is 0. The van der Waals surface area contributed by atoms with Gasteiger partial charge >= 0.3 is 0 Å². The van der Waals surface area contributed by atoms with E-state index in [1.54, 1.807) is 0 Å². The summed E-state index contributed by atoms with van der Waals surface area (Å²) in [6.45, 7) is 9.47. The minimum atomic E-state index is -0.144. The van der Waals surface area contributed by atoms with E-state index in [1.165, 1.54) is 76.8 Å². The number of thiophene rings is 1. The Morgan fingerprint density at radius 2 is 0.615 bits per heavy atom. The number of hydrogen-bond acceptors (Lipinski definition) is 3. The van der Waals surface area contributed by atoms with Crippen LogP contribution in [0.3, 0.4) is 0 Å². The molecule has 2 aliphatic carbocycles. The van der Waals surface area contributed by atoms with Crippen LogP contribution in [0.4, 0.5) is 34.1 Å². The largest absolute Gasteiger partial charge is 0.310 e. The summed E-state index contributed by atoms with van der Waals surface area (Å²) in [5.74, 6) is 0. The number of fused-ring (bicyclic) bond motifs is 6. The number of nitrogens with zero attached hydrogens (tertiary/aromatic N) is 2. The first-order valence-corrected chi connectivity index (χ1v) is 23.4. The van der Waals surface area contributed by atoms with Crippen molar-refractivity contribution in [3.05, 3.63) is 249 Å². The molecule has 0 radical (unpaired) electrons. The molecule has 0 unspecified atom stereocenters. The first kappa shape index (κ1) is 40.3. The van der Waals surface area contributed by atoms with Gasteiger partial charge in [-0.1, -0.05) is 161 Å². The van der Waals surface area contributed by atoms with Crippen molar-refractivity contribution in [1.29, 1.82) is 0 Å². The van der Waals surface area contributed by atoms with Crippen molar-refractivity contribution < 1.29 is 0 Å². The lowest BCUT2D eigenvalue weighted by atomic mass is 9.81. The molecule has 314 valence electrons. The molecule has 0 atom stereocenters. The van der Waals surface area contributed by atoms with Crippen LogP contribution in [0.5, 0.6) is 0 Å². The minimum absolute atomic E-state index is 0.144. The van der Waals surface area contributed by atoms with Crippen LogP contribution in [0, 0.1) is 0 Å². The molecular formula is C62H50N2S. The zero-order valence-electron chi connectivity index (χ0n) is 37.2. The first-order valence-electron chi connectivity index (χ1n) is 22.6. The fourth-order valence-electron chi connectivity index (χ4n) is 10.1. The Hall–Kier alpha value is -7.46. The maximum absolute atomic E-state index is 2.40. The molecule has 0 aliphatic heterocycles. The molecule has 11 rings (SSSR count). The van der Waals surface area contributed by atoms with Crippen molar-refractivity contribution in [2.75, 3.05) is 9.80 Å². The molecule has 1 heterocycles. The van der Waals surface area contributed by atoms with E-state index < -0.39 is 0 Å². The summed E-state index contributed by atoms with van der Waals surface area (Å²) in [7, 11) is 0. The summed E-state index contributed by atoms with van der Waals surface area (Å²) >= 11 is 1.82. The highest BCUT2D eigenvalue weighted by molar-refractivity contribution is 7.13. The van der Waals surface area contributed by atoms with Gasteiger partial charge < -0.3 is 9.80 Å². The molecule has 3 heteroatoms. The molecule has 2 nitrogen and oxygen atoms in total. The van der Waals surface area contributed by atoms with E-state index in [4.69, 9.17) is 0 Å². The van der Waals surface area contributed by atoms with Crippen LogP contribution < -0.4 is 9.80 Å². The van der Waals surface area contributed by atoms with Crippen LogP contribution in [-0.4, -0.2) is 0 Å². The number of para-hydroxylation sites is 4. The topological polar surface area (TPSA) is 6.48 Å². The van der Waals surface area contributed by atoms with Crippen molar-refractivity contribution in [3.63, 3.8) is 0 Å². The molecule has 0 spiro atoms. The summed E-state index contributed by atoms with van der Waals surface area (Å²) in [6.07, 6.45) is 9.05. The van der Waals surface area contributed by atoms with E-state index >= 15 is 0 Å². The van der Waals surface area contributed by atoms with Crippen molar-refractivity contribution in [3.8, 4) is 22.3 Å². The Morgan fingerprint density at radius 1 is 0.308 bits per heavy atom. The SMILES string of the molecule is CC1(C)c2cc(/C=C/c3ccc(/C=C/c4ccc5c(c4)C(C)(C)c4cc(N(c6ccccc6)c6ccccc6)ccc4-5)s3)ccc2-c2ccc(N(c3ccccc3)c3ccccc3)cc21. The van der Waals surface area contributed by atoms with E-state index in [-0.39, 0.29) is 10.8 Å². The second-order valence-electron chi connectivity index (χ2n) is 18.2. The zero-order valence-corrected chi connectivity index (χ0v) is 38.1. The van der Waals surface area contributed by atoms with Gasteiger partial charge in [0.05, 0.1) is 0 Å². The van der Waals surface area contributed by atoms with Crippen molar-refractivity contribution in [2.45, 2.75) is 38.5 Å². The Labute approximate surface area is 387 Å². The number of rotatable bonds is 10. The van der Waals surface area contributed by atoms with E-state index in [0.717, 1.165) is 22.7 Å². The van der Waals surface area contributed by atoms with Gasteiger partial charge in [0.25, 0.3) is 0 Å². The monoisotopic (exact) mass is 854 g/mol. The highest BCUT2D eigenvalue weighted by Crippen LogP contribution is 2.53. The Balaban J connectivity index is 0.809. The minimum Gasteiger partial charge on any atom is -0.310 e. The number of benzene rings is 8. The second kappa shape index (κ2) is 16.3. The fourth-order valence-corrected chi connectivity index (χ4v) is 10.9. The van der Waals surface area contributed by atoms with E-state index in [0.29, 0.717) is 0 Å². The third kappa shape index (κ3) is 7.32. The van der Waals surface area contributed by atoms with Crippen LogP contribution in [0.25, 0.3) is 46.6 Å². The molecule has 9 aromatic rings. The molecule has 0 bridgehead atoms. The predicted octanol–water partition coefficient (Wildman–Crippen LogP) is 17.6. The molecule has 0 saturated carbocycles. The van der Waals surface area contributed by atoms with Gasteiger partial charge in [-0.15, -0.1) is 11.3 Å². The van der Waals surface area contributed by atoms with Gasteiger partial charge in [0.1, 0.15) is 0 Å². The zero-order chi connectivity index (χ0) is 44.1. The van der Waals surface area contributed by atoms with E-state index in [1.807, 2.05) is 11.3 Å². The van der Waals surface area contributed by atoms with Gasteiger partial charge in [-0.2, -0.15) is 0 Å². The van der Waals surface area contributed by atoms with Crippen LogP contribution in [0.2, 0.25) is 0 Å². The van der Waals surface area contributed by atoms with Gasteiger partial charge in [0.2, 0.25) is 0 Å². The fraction of sp³-hybridized carbons (Fsp3) is 0.0968. The van der Waals surface area contributed by atoms with Gasteiger partial charge in [0, 0.05) is 54.7 Å². The third-order valence-corrected chi connectivity index (χ3v) is 14.5. The number of anilines is 6. The normalized spacial score (nSPS) is 14.0. The highest BCUT2D eigenvalue weighted by atomic mass is 32.1. The van der Waals surface area contributed by atoms with Crippen LogP contribution in [-0.2, 0) is 10.8 Å². The Kier molecular flexibility index (Phi) is 10.1. The molecule has 65 heavy (non-hydrogen) atoms. The summed E-state index contributed by atoms with van der Waals surface area (Å²) < 4.78 is 0. The lowest BCUT2D eigenvalue weighted by Gasteiger charge is -2.28. The predicted molar refractivity (Wildman–Crippen MR) is 280 cm³/mol. The molecule has 0 saturated heterocycles. The summed E-state index contributed by atoms with van der Waals surface area (Å²) in [6, 6.07) is 75.0. The first-order chi connectivity index (χ1) is 31.7. The van der Waals surface area contributed by atoms with Gasteiger partial charge in [-0.05, 0) is 153 Å². The summed E-state index contributed by atoms with van der Waals surface area (Å²) in [4.78, 5) is 7.18. The van der Waals surface area contributed by atoms with Gasteiger partial charge in [-0.25, -0.2) is 0 Å². The highest BCUT2D eigenvalue weighted by Gasteiger charge is 2.37. The third-order valence-electron chi connectivity index (χ3n) is 13.5. The lowest BCUT2D eigenvalue weighted by molar-refractivity contribution is 0.660. The van der Waals surface area contributed by atoms with Crippen LogP contribution in [0.1, 0.15) is 70.8 Å². The van der Waals surface area contributed by atoms with Gasteiger partial charge in [-0.3, -0.25) is 0 Å². The molecule has 8 aromatic carbocycles. The molecule has 1 aromatic heterocycles. The molecular weight excluding hydrogens is 805 g/mol. The Bertz CT molecular complexity index is 2950. The van der Waals surface area contributed by atoms with Gasteiger partial charge in [0.15, 0.2) is 0 Å². The lowest BCUT2D eigenvalue weighted by Crippen LogP contribution is -2.16. The van der Waals surface area contributed by atoms with Crippen LogP contribution in [0.15, 0.2) is 206 Å². The van der Waals surface area contributed by atoms with E-state index in [9.17, 15) is 0 Å². The maximum atomic E-state index is 2.40. The van der Waals surface area contributed by atoms with Crippen molar-refractivity contribution >= 4 is 69.8 Å². The molecule has 0 fully saturated rings. The molecule has 0 amide bonds. The Morgan fingerprint density at radius 3 is 0.954 bits per heavy atom. The van der Waals surface area contributed by atoms with Crippen LogP contribution >= 0.6 is 11.3 Å². The quantitative estimate of drug-likeness (QED) is 0.135. The standard InChI is InChI=1S/C62H50N2S/c1-61(2)57-39-43(27-35-53(57)55-37-29-49(41-59(55)61)63(45-17-9-5-10-18-45)46-19-11-6-12-20-46)25-31-51-33-34-52(65-51)32-26-44-28-36-54-56-38-30-50(42-60(56)62(3,4)58(54)40-44)64(47-21-13-7-14-22-47)48-23-15-8-16-24-48/h5-42H,1-4H3/b31-25+,32-26+. The summed E-state index contributed by atoms with van der Waals surface area (Å²) in [5.41, 5.74) is 19.8. The summed E-state index contributed by atoms with van der Waals surface area (Å²) in [5, 5.41) is 0. The molecule has 0 N–H and O–H groups in total. The van der Waals surface area contributed by atoms with E-state index in [2.05, 4.69) is 268 Å².